The minimum atomic E-state index is 0.171. The Morgan fingerprint density at radius 3 is 2.28 bits per heavy atom. The molecule has 0 heterocycles. The minimum absolute atomic E-state index is 0.171. The van der Waals surface area contributed by atoms with E-state index in [-0.39, 0.29) is 6.61 Å². The van der Waals surface area contributed by atoms with Crippen LogP contribution in [-0.4, -0.2) is 32.1 Å². The van der Waals surface area contributed by atoms with E-state index in [1.54, 1.807) is 11.8 Å². The first kappa shape index (κ1) is 17.8. The first-order valence-electron chi connectivity index (χ1n) is 8.54. The molecule has 3 aromatic carbocycles. The predicted molar refractivity (Wildman–Crippen MR) is 111 cm³/mol. The second-order valence-electron chi connectivity index (χ2n) is 6.55. The lowest BCUT2D eigenvalue weighted by molar-refractivity contribution is 0.300. The number of aliphatic hydroxyl groups excluding tert-OH is 1. The number of benzene rings is 3. The van der Waals surface area contributed by atoms with Gasteiger partial charge in [0.05, 0.1) is 0 Å². The van der Waals surface area contributed by atoms with Gasteiger partial charge in [-0.1, -0.05) is 24.3 Å². The number of anilines is 1. The van der Waals surface area contributed by atoms with Crippen LogP contribution in [-0.2, 0) is 6.42 Å². The molecule has 0 aromatic heterocycles. The summed E-state index contributed by atoms with van der Waals surface area (Å²) in [5, 5.41) is 12.0. The monoisotopic (exact) mass is 351 g/mol. The zero-order valence-electron chi connectivity index (χ0n) is 15.3. The summed E-state index contributed by atoms with van der Waals surface area (Å²) in [7, 11) is 4.12. The molecule has 0 bridgehead atoms. The second kappa shape index (κ2) is 7.51. The molecule has 0 radical (unpaired) electrons. The van der Waals surface area contributed by atoms with Crippen molar-refractivity contribution in [2.24, 2.45) is 0 Å². The molecule has 1 N–H and O–H groups in total. The Balaban J connectivity index is 2.26. The van der Waals surface area contributed by atoms with Crippen molar-refractivity contribution in [1.29, 1.82) is 0 Å². The number of fused-ring (bicyclic) bond motifs is 1. The number of thioether (sulfide) groups is 1. The first-order valence-corrected chi connectivity index (χ1v) is 9.76. The Morgan fingerprint density at radius 1 is 0.960 bits per heavy atom. The van der Waals surface area contributed by atoms with Crippen molar-refractivity contribution >= 4 is 28.2 Å². The number of aryl methyl sites for hydroxylation is 1. The third kappa shape index (κ3) is 3.53. The van der Waals surface area contributed by atoms with Crippen molar-refractivity contribution in [3.05, 3.63) is 59.7 Å². The van der Waals surface area contributed by atoms with Crippen molar-refractivity contribution in [2.45, 2.75) is 18.2 Å². The van der Waals surface area contributed by atoms with Gasteiger partial charge in [-0.25, -0.2) is 0 Å². The molecule has 0 amide bonds. The maximum Gasteiger partial charge on any atom is 0.0471 e. The fourth-order valence-corrected chi connectivity index (χ4v) is 3.75. The average Bonchev–Trinajstić information content (AvgIpc) is 2.63. The summed E-state index contributed by atoms with van der Waals surface area (Å²) in [6.07, 6.45) is 2.78. The zero-order valence-corrected chi connectivity index (χ0v) is 16.2. The second-order valence-corrected chi connectivity index (χ2v) is 7.43. The van der Waals surface area contributed by atoms with Crippen LogP contribution in [0.3, 0.4) is 0 Å². The van der Waals surface area contributed by atoms with Crippen molar-refractivity contribution in [3.63, 3.8) is 0 Å². The maximum absolute atomic E-state index is 9.51. The van der Waals surface area contributed by atoms with E-state index in [1.807, 2.05) is 0 Å². The van der Waals surface area contributed by atoms with Gasteiger partial charge in [0.25, 0.3) is 0 Å². The molecule has 0 atom stereocenters. The van der Waals surface area contributed by atoms with Gasteiger partial charge in [0.1, 0.15) is 0 Å². The third-order valence-corrected chi connectivity index (χ3v) is 5.48. The SMILES string of the molecule is CSc1ccc(-c2cc(C)c(CCO)c3cc(N(C)C)ccc23)cc1. The van der Waals surface area contributed by atoms with E-state index in [4.69, 9.17) is 0 Å². The van der Waals surface area contributed by atoms with E-state index in [9.17, 15) is 5.11 Å². The molecule has 25 heavy (non-hydrogen) atoms. The molecule has 0 spiro atoms. The Kier molecular flexibility index (Phi) is 5.36. The summed E-state index contributed by atoms with van der Waals surface area (Å²) in [4.78, 5) is 3.40. The molecular formula is C22H25NOS. The molecule has 0 aliphatic heterocycles. The lowest BCUT2D eigenvalue weighted by Crippen LogP contribution is -2.08. The van der Waals surface area contributed by atoms with Crippen LogP contribution in [0.15, 0.2) is 53.4 Å². The highest BCUT2D eigenvalue weighted by molar-refractivity contribution is 7.98. The van der Waals surface area contributed by atoms with Crippen molar-refractivity contribution < 1.29 is 5.11 Å². The van der Waals surface area contributed by atoms with Crippen LogP contribution in [0.4, 0.5) is 5.69 Å². The highest BCUT2D eigenvalue weighted by Crippen LogP contribution is 2.36. The Morgan fingerprint density at radius 2 is 1.68 bits per heavy atom. The molecule has 0 fully saturated rings. The minimum Gasteiger partial charge on any atom is -0.396 e. The smallest absolute Gasteiger partial charge is 0.0471 e. The molecule has 0 unspecified atom stereocenters. The van der Waals surface area contributed by atoms with Crippen LogP contribution in [0.1, 0.15) is 11.1 Å². The summed E-state index contributed by atoms with van der Waals surface area (Å²) in [6.45, 7) is 2.32. The Hall–Kier alpha value is -1.97. The molecule has 0 aliphatic carbocycles. The molecular weight excluding hydrogens is 326 g/mol. The topological polar surface area (TPSA) is 23.5 Å². The maximum atomic E-state index is 9.51. The van der Waals surface area contributed by atoms with Crippen LogP contribution in [0.25, 0.3) is 21.9 Å². The normalized spacial score (nSPS) is 11.1. The fourth-order valence-electron chi connectivity index (χ4n) is 3.34. The number of hydrogen-bond acceptors (Lipinski definition) is 3. The van der Waals surface area contributed by atoms with Gasteiger partial charge in [-0.05, 0) is 76.9 Å². The molecule has 3 rings (SSSR count). The van der Waals surface area contributed by atoms with Crippen LogP contribution in [0, 0.1) is 6.92 Å². The van der Waals surface area contributed by atoms with Gasteiger partial charge in [-0.3, -0.25) is 0 Å². The average molecular weight is 352 g/mol. The van der Waals surface area contributed by atoms with Crippen molar-refractivity contribution in [1.82, 2.24) is 0 Å². The Labute approximate surface area is 154 Å². The number of hydrogen-bond donors (Lipinski definition) is 1. The van der Waals surface area contributed by atoms with E-state index in [0.717, 1.165) is 0 Å². The molecule has 2 nitrogen and oxygen atoms in total. The van der Waals surface area contributed by atoms with Gasteiger partial charge in [0.2, 0.25) is 0 Å². The van der Waals surface area contributed by atoms with Crippen LogP contribution in [0.2, 0.25) is 0 Å². The molecule has 0 saturated heterocycles. The van der Waals surface area contributed by atoms with Gasteiger partial charge < -0.3 is 10.0 Å². The molecule has 3 heteroatoms. The fraction of sp³-hybridized carbons (Fsp3) is 0.273. The van der Waals surface area contributed by atoms with Crippen LogP contribution >= 0.6 is 11.8 Å². The highest BCUT2D eigenvalue weighted by Gasteiger charge is 2.12. The summed E-state index contributed by atoms with van der Waals surface area (Å²) in [5.41, 5.74) is 6.15. The summed E-state index contributed by atoms with van der Waals surface area (Å²) in [6, 6.07) is 17.6. The summed E-state index contributed by atoms with van der Waals surface area (Å²) >= 11 is 1.76. The highest BCUT2D eigenvalue weighted by atomic mass is 32.2. The van der Waals surface area contributed by atoms with Gasteiger partial charge in [0, 0.05) is 31.3 Å². The largest absolute Gasteiger partial charge is 0.396 e. The lowest BCUT2D eigenvalue weighted by Gasteiger charge is -2.18. The van der Waals surface area contributed by atoms with Crippen LogP contribution < -0.4 is 4.90 Å². The predicted octanol–water partition coefficient (Wildman–Crippen LogP) is 5.14. The van der Waals surface area contributed by atoms with Crippen molar-refractivity contribution in [2.75, 3.05) is 31.9 Å². The third-order valence-electron chi connectivity index (χ3n) is 4.73. The van der Waals surface area contributed by atoms with Crippen molar-refractivity contribution in [3.8, 4) is 11.1 Å². The van der Waals surface area contributed by atoms with E-state index in [0.29, 0.717) is 6.42 Å². The molecule has 0 aliphatic rings. The van der Waals surface area contributed by atoms with Gasteiger partial charge in [0.15, 0.2) is 0 Å². The lowest BCUT2D eigenvalue weighted by atomic mass is 9.90. The van der Waals surface area contributed by atoms with Crippen LogP contribution in [0.5, 0.6) is 0 Å². The quantitative estimate of drug-likeness (QED) is 0.644. The van der Waals surface area contributed by atoms with E-state index < -0.39 is 0 Å². The van der Waals surface area contributed by atoms with E-state index in [2.05, 4.69) is 80.7 Å². The van der Waals surface area contributed by atoms with Gasteiger partial charge in [-0.2, -0.15) is 0 Å². The van der Waals surface area contributed by atoms with E-state index >= 15 is 0 Å². The zero-order chi connectivity index (χ0) is 18.0. The summed E-state index contributed by atoms with van der Waals surface area (Å²) < 4.78 is 0. The molecule has 130 valence electrons. The molecule has 0 saturated carbocycles. The Bertz CT molecular complexity index is 885. The number of rotatable bonds is 5. The van der Waals surface area contributed by atoms with E-state index in [1.165, 1.54) is 43.6 Å². The number of aliphatic hydroxyl groups is 1. The van der Waals surface area contributed by atoms with Gasteiger partial charge in [-0.15, -0.1) is 11.8 Å². The number of nitrogens with zero attached hydrogens (tertiary/aromatic N) is 1. The molecule has 3 aromatic rings. The standard InChI is InChI=1S/C22H25NOS/c1-15-13-21(16-5-8-18(25-4)9-6-16)20-10-7-17(23(2)3)14-22(20)19(15)11-12-24/h5-10,13-14,24H,11-12H2,1-4H3. The first-order chi connectivity index (χ1) is 12.0. The summed E-state index contributed by atoms with van der Waals surface area (Å²) in [5.74, 6) is 0. The van der Waals surface area contributed by atoms with Gasteiger partial charge >= 0.3 is 0 Å².